The molecule has 0 N–H and O–H groups in total. The topological polar surface area (TPSA) is 52.6 Å². The molecule has 6 heteroatoms. The van der Waals surface area contributed by atoms with Crippen LogP contribution in [0.2, 0.25) is 0 Å². The first-order chi connectivity index (χ1) is 13.0. The van der Waals surface area contributed by atoms with E-state index in [1.807, 2.05) is 36.4 Å². The number of hydrogen-bond acceptors (Lipinski definition) is 4. The van der Waals surface area contributed by atoms with Gasteiger partial charge in [-0.3, -0.25) is 9.13 Å². The molecule has 0 saturated carbocycles. The Labute approximate surface area is 160 Å². The highest BCUT2D eigenvalue weighted by atomic mass is 31.2. The van der Waals surface area contributed by atoms with Crippen molar-refractivity contribution in [3.8, 4) is 5.75 Å². The maximum atomic E-state index is 14.1. The Morgan fingerprint density at radius 2 is 1.22 bits per heavy atom. The highest BCUT2D eigenvalue weighted by Gasteiger charge is 2.33. The van der Waals surface area contributed by atoms with Gasteiger partial charge in [0.2, 0.25) is 7.37 Å². The van der Waals surface area contributed by atoms with E-state index < -0.39 is 14.7 Å². The van der Waals surface area contributed by atoms with Crippen molar-refractivity contribution in [2.24, 2.45) is 0 Å². The molecule has 3 aromatic rings. The van der Waals surface area contributed by atoms with Gasteiger partial charge in [0.1, 0.15) is 5.75 Å². The van der Waals surface area contributed by atoms with Crippen molar-refractivity contribution in [2.45, 2.75) is 6.92 Å². The molecular formula is C21H22O4P2. The highest BCUT2D eigenvalue weighted by molar-refractivity contribution is 7.74. The zero-order valence-electron chi connectivity index (χ0n) is 15.3. The third-order valence-corrected chi connectivity index (χ3v) is 8.50. The molecule has 0 spiro atoms. The number of para-hydroxylation sites is 1. The van der Waals surface area contributed by atoms with E-state index in [4.69, 9.17) is 9.05 Å². The van der Waals surface area contributed by atoms with Crippen molar-refractivity contribution in [1.82, 2.24) is 0 Å². The van der Waals surface area contributed by atoms with Crippen molar-refractivity contribution in [2.75, 3.05) is 13.3 Å². The zero-order chi connectivity index (χ0) is 19.3. The molecular weight excluding hydrogens is 378 g/mol. The molecule has 0 aromatic heterocycles. The van der Waals surface area contributed by atoms with E-state index in [9.17, 15) is 9.13 Å². The van der Waals surface area contributed by atoms with Gasteiger partial charge in [0, 0.05) is 6.66 Å². The van der Waals surface area contributed by atoms with Crippen LogP contribution in [0.4, 0.5) is 0 Å². The van der Waals surface area contributed by atoms with E-state index in [1.165, 1.54) is 0 Å². The van der Waals surface area contributed by atoms with Crippen LogP contribution in [0.3, 0.4) is 0 Å². The van der Waals surface area contributed by atoms with Gasteiger partial charge >= 0.3 is 7.37 Å². The molecule has 1 atom stereocenters. The fourth-order valence-corrected chi connectivity index (χ4v) is 6.48. The molecule has 0 fully saturated rings. The molecule has 0 radical (unpaired) electrons. The summed E-state index contributed by atoms with van der Waals surface area (Å²) in [6, 6.07) is 25.1. The van der Waals surface area contributed by atoms with Crippen LogP contribution in [-0.4, -0.2) is 13.3 Å². The first-order valence-corrected chi connectivity index (χ1v) is 12.4. The number of hydrogen-bond donors (Lipinski definition) is 0. The predicted octanol–water partition coefficient (Wildman–Crippen LogP) is 4.56. The summed E-state index contributed by atoms with van der Waals surface area (Å²) < 4.78 is 38.7. The molecule has 0 aliphatic carbocycles. The van der Waals surface area contributed by atoms with Crippen molar-refractivity contribution < 1.29 is 18.2 Å². The van der Waals surface area contributed by atoms with Gasteiger partial charge in [0.05, 0.1) is 22.5 Å². The Balaban J connectivity index is 2.13. The third-order valence-electron chi connectivity index (χ3n) is 4.10. The second-order valence-corrected chi connectivity index (χ2v) is 10.8. The average molecular weight is 400 g/mol. The molecule has 0 bridgehead atoms. The summed E-state index contributed by atoms with van der Waals surface area (Å²) >= 11 is 0. The summed E-state index contributed by atoms with van der Waals surface area (Å²) in [6.45, 7) is 3.66. The second kappa shape index (κ2) is 8.27. The second-order valence-electron chi connectivity index (χ2n) is 6.05. The van der Waals surface area contributed by atoms with Gasteiger partial charge in [-0.2, -0.15) is 0 Å². The largest absolute Gasteiger partial charge is 0.436 e. The van der Waals surface area contributed by atoms with Crippen LogP contribution in [0.5, 0.6) is 5.75 Å². The standard InChI is InChI=1S/C21H22O4P2/c1-3-24-26(2,22)21-17-11-10-16-20(21)25-27(23,18-12-6-4-7-13-18)19-14-8-5-9-15-19/h4-17H,3H2,1-2H3/t26-/m1/s1. The van der Waals surface area contributed by atoms with E-state index >= 15 is 0 Å². The van der Waals surface area contributed by atoms with Crippen LogP contribution in [-0.2, 0) is 13.7 Å². The van der Waals surface area contributed by atoms with Gasteiger partial charge in [-0.15, -0.1) is 0 Å². The molecule has 0 aliphatic heterocycles. The van der Waals surface area contributed by atoms with Crippen molar-refractivity contribution in [3.05, 3.63) is 84.9 Å². The van der Waals surface area contributed by atoms with Crippen LogP contribution in [0.25, 0.3) is 0 Å². The van der Waals surface area contributed by atoms with Gasteiger partial charge in [-0.25, -0.2) is 0 Å². The maximum absolute atomic E-state index is 14.1. The van der Waals surface area contributed by atoms with Crippen LogP contribution in [0.1, 0.15) is 6.92 Å². The first-order valence-electron chi connectivity index (χ1n) is 8.70. The lowest BCUT2D eigenvalue weighted by Gasteiger charge is -2.23. The molecule has 0 aliphatic rings. The fraction of sp³-hybridized carbons (Fsp3) is 0.143. The molecule has 0 heterocycles. The minimum atomic E-state index is -3.44. The Bertz CT molecular complexity index is 944. The maximum Gasteiger partial charge on any atom is 0.306 e. The Morgan fingerprint density at radius 1 is 0.741 bits per heavy atom. The average Bonchev–Trinajstić information content (AvgIpc) is 2.69. The Kier molecular flexibility index (Phi) is 6.01. The lowest BCUT2D eigenvalue weighted by molar-refractivity contribution is 0.344. The predicted molar refractivity (Wildman–Crippen MR) is 112 cm³/mol. The minimum Gasteiger partial charge on any atom is -0.436 e. The van der Waals surface area contributed by atoms with Crippen LogP contribution >= 0.6 is 14.7 Å². The van der Waals surface area contributed by atoms with Crippen LogP contribution in [0, 0.1) is 0 Å². The van der Waals surface area contributed by atoms with Gasteiger partial charge in [0.25, 0.3) is 0 Å². The van der Waals surface area contributed by atoms with E-state index in [-0.39, 0.29) is 0 Å². The van der Waals surface area contributed by atoms with Crippen molar-refractivity contribution in [1.29, 1.82) is 0 Å². The van der Waals surface area contributed by atoms with E-state index in [2.05, 4.69) is 0 Å². The van der Waals surface area contributed by atoms with Gasteiger partial charge in [0.15, 0.2) is 0 Å². The molecule has 140 valence electrons. The van der Waals surface area contributed by atoms with E-state index in [0.29, 0.717) is 28.3 Å². The van der Waals surface area contributed by atoms with Crippen LogP contribution < -0.4 is 20.4 Å². The molecule has 27 heavy (non-hydrogen) atoms. The number of benzene rings is 3. The minimum absolute atomic E-state index is 0.313. The third kappa shape index (κ3) is 4.25. The lowest BCUT2D eigenvalue weighted by Crippen LogP contribution is -2.22. The number of rotatable bonds is 7. The summed E-state index contributed by atoms with van der Waals surface area (Å²) in [5, 5.41) is 1.58. The first kappa shape index (κ1) is 19.6. The van der Waals surface area contributed by atoms with E-state index in [0.717, 1.165) is 0 Å². The van der Waals surface area contributed by atoms with Gasteiger partial charge in [-0.1, -0.05) is 48.5 Å². The lowest BCUT2D eigenvalue weighted by atomic mass is 10.3. The summed E-state index contributed by atoms with van der Waals surface area (Å²) in [4.78, 5) is 0. The molecule has 4 nitrogen and oxygen atoms in total. The highest BCUT2D eigenvalue weighted by Crippen LogP contribution is 2.49. The van der Waals surface area contributed by atoms with Crippen molar-refractivity contribution >= 4 is 30.7 Å². The van der Waals surface area contributed by atoms with Gasteiger partial charge < -0.3 is 9.05 Å². The molecule has 0 unspecified atom stereocenters. The Hall–Kier alpha value is -2.12. The summed E-state index contributed by atoms with van der Waals surface area (Å²) in [5.41, 5.74) is 0. The monoisotopic (exact) mass is 400 g/mol. The van der Waals surface area contributed by atoms with Gasteiger partial charge in [-0.05, 0) is 43.3 Å². The molecule has 0 amide bonds. The zero-order valence-corrected chi connectivity index (χ0v) is 17.1. The smallest absolute Gasteiger partial charge is 0.306 e. The molecule has 0 saturated heterocycles. The quantitative estimate of drug-likeness (QED) is 0.546. The molecule has 3 rings (SSSR count). The van der Waals surface area contributed by atoms with Crippen LogP contribution in [0.15, 0.2) is 84.9 Å². The SMILES string of the molecule is CCO[P@@](C)(=O)c1ccccc1OP(=O)(c1ccccc1)c1ccccc1. The fourth-order valence-electron chi connectivity index (χ4n) is 2.83. The normalized spacial score (nSPS) is 13.7. The summed E-state index contributed by atoms with van der Waals surface area (Å²) in [6.07, 6.45) is 0. The van der Waals surface area contributed by atoms with Crippen molar-refractivity contribution in [3.63, 3.8) is 0 Å². The Morgan fingerprint density at radius 3 is 1.74 bits per heavy atom. The van der Waals surface area contributed by atoms with E-state index in [1.54, 1.807) is 62.1 Å². The molecule has 3 aromatic carbocycles. The summed E-state index contributed by atoms with van der Waals surface area (Å²) in [5.74, 6) is 0.313. The summed E-state index contributed by atoms with van der Waals surface area (Å²) in [7, 11) is -6.54.